The minimum atomic E-state index is 0.382. The highest BCUT2D eigenvalue weighted by atomic mass is 35.5. The van der Waals surface area contributed by atoms with Gasteiger partial charge in [0.2, 0.25) is 0 Å². The second-order valence-corrected chi connectivity index (χ2v) is 5.95. The number of halogens is 1. The smallest absolute Gasteiger partial charge is 0.180 e. The maximum atomic E-state index is 6.30. The summed E-state index contributed by atoms with van der Waals surface area (Å²) < 4.78 is 0. The van der Waals surface area contributed by atoms with Crippen molar-refractivity contribution in [2.45, 2.75) is 25.7 Å². The standard InChI is InChI=1S/C13H13ClN2S/c1-7-2-4-10(14)9(6-7)8-3-5-11-12(8)17-13(15)16-11/h2,4,6,8H,3,5H2,1H3,(H2,15,16). The third-order valence-corrected chi connectivity index (χ3v) is 4.64. The van der Waals surface area contributed by atoms with Crippen LogP contribution in [-0.2, 0) is 6.42 Å². The van der Waals surface area contributed by atoms with Gasteiger partial charge in [0, 0.05) is 15.8 Å². The molecule has 0 amide bonds. The Morgan fingerprint density at radius 1 is 1.47 bits per heavy atom. The van der Waals surface area contributed by atoms with Crippen molar-refractivity contribution < 1.29 is 0 Å². The number of hydrogen-bond acceptors (Lipinski definition) is 3. The van der Waals surface area contributed by atoms with Gasteiger partial charge in [0.25, 0.3) is 0 Å². The van der Waals surface area contributed by atoms with Gasteiger partial charge in [-0.15, -0.1) is 11.3 Å². The number of benzene rings is 1. The van der Waals surface area contributed by atoms with Gasteiger partial charge in [-0.3, -0.25) is 0 Å². The summed E-state index contributed by atoms with van der Waals surface area (Å²) in [6, 6.07) is 6.20. The van der Waals surface area contributed by atoms with Crippen LogP contribution in [0.1, 0.15) is 34.0 Å². The quantitative estimate of drug-likeness (QED) is 0.852. The molecular weight excluding hydrogens is 252 g/mol. The molecule has 3 rings (SSSR count). The van der Waals surface area contributed by atoms with Gasteiger partial charge >= 0.3 is 0 Å². The molecule has 1 aliphatic carbocycles. The van der Waals surface area contributed by atoms with Crippen LogP contribution >= 0.6 is 22.9 Å². The van der Waals surface area contributed by atoms with Crippen LogP contribution in [0, 0.1) is 6.92 Å². The minimum absolute atomic E-state index is 0.382. The van der Waals surface area contributed by atoms with Crippen LogP contribution in [0.4, 0.5) is 5.13 Å². The van der Waals surface area contributed by atoms with E-state index in [1.54, 1.807) is 11.3 Å². The second kappa shape index (κ2) is 4.00. The molecule has 88 valence electrons. The monoisotopic (exact) mass is 264 g/mol. The Morgan fingerprint density at radius 3 is 3.12 bits per heavy atom. The Labute approximate surface area is 109 Å². The Hall–Kier alpha value is -1.06. The van der Waals surface area contributed by atoms with Crippen LogP contribution in [0.15, 0.2) is 18.2 Å². The Bertz CT molecular complexity index is 577. The summed E-state index contributed by atoms with van der Waals surface area (Å²) in [6.07, 6.45) is 2.11. The zero-order valence-corrected chi connectivity index (χ0v) is 11.1. The van der Waals surface area contributed by atoms with Crippen molar-refractivity contribution in [3.8, 4) is 0 Å². The van der Waals surface area contributed by atoms with E-state index in [4.69, 9.17) is 17.3 Å². The highest BCUT2D eigenvalue weighted by molar-refractivity contribution is 7.15. The van der Waals surface area contributed by atoms with Crippen LogP contribution in [0.25, 0.3) is 0 Å². The predicted octanol–water partition coefficient (Wildman–Crippen LogP) is 3.77. The van der Waals surface area contributed by atoms with Crippen molar-refractivity contribution >= 4 is 28.1 Å². The van der Waals surface area contributed by atoms with Gasteiger partial charge < -0.3 is 5.73 Å². The fourth-order valence-corrected chi connectivity index (χ4v) is 3.76. The molecule has 17 heavy (non-hydrogen) atoms. The largest absolute Gasteiger partial charge is 0.375 e. The molecule has 0 aliphatic heterocycles. The maximum absolute atomic E-state index is 6.30. The summed E-state index contributed by atoms with van der Waals surface area (Å²) in [4.78, 5) is 5.67. The third-order valence-electron chi connectivity index (χ3n) is 3.26. The molecule has 0 bridgehead atoms. The van der Waals surface area contributed by atoms with E-state index >= 15 is 0 Å². The van der Waals surface area contributed by atoms with E-state index in [0.717, 1.165) is 23.6 Å². The van der Waals surface area contributed by atoms with Crippen LogP contribution in [0.2, 0.25) is 5.02 Å². The van der Waals surface area contributed by atoms with Gasteiger partial charge in [0.15, 0.2) is 5.13 Å². The number of aryl methyl sites for hydroxylation is 2. The van der Waals surface area contributed by atoms with Crippen molar-refractivity contribution in [1.82, 2.24) is 4.98 Å². The number of thiazole rings is 1. The molecule has 2 N–H and O–H groups in total. The number of aromatic nitrogens is 1. The lowest BCUT2D eigenvalue weighted by Crippen LogP contribution is -1.96. The molecule has 1 unspecified atom stereocenters. The van der Waals surface area contributed by atoms with Crippen LogP contribution in [0.5, 0.6) is 0 Å². The zero-order valence-electron chi connectivity index (χ0n) is 9.53. The second-order valence-electron chi connectivity index (χ2n) is 4.48. The average molecular weight is 265 g/mol. The summed E-state index contributed by atoms with van der Waals surface area (Å²) in [5.74, 6) is 0.382. The SMILES string of the molecule is Cc1ccc(Cl)c(C2CCc3nc(N)sc32)c1. The molecule has 2 nitrogen and oxygen atoms in total. The number of fused-ring (bicyclic) bond motifs is 1. The topological polar surface area (TPSA) is 38.9 Å². The number of hydrogen-bond donors (Lipinski definition) is 1. The normalized spacial score (nSPS) is 18.4. The first-order valence-electron chi connectivity index (χ1n) is 5.66. The zero-order chi connectivity index (χ0) is 12.0. The van der Waals surface area contributed by atoms with Gasteiger partial charge in [0.05, 0.1) is 5.69 Å². The van der Waals surface area contributed by atoms with Crippen molar-refractivity contribution in [2.75, 3.05) is 5.73 Å². The maximum Gasteiger partial charge on any atom is 0.180 e. The van der Waals surface area contributed by atoms with Crippen molar-refractivity contribution in [3.63, 3.8) is 0 Å². The van der Waals surface area contributed by atoms with E-state index in [1.807, 2.05) is 12.1 Å². The van der Waals surface area contributed by atoms with E-state index in [2.05, 4.69) is 18.0 Å². The molecule has 0 saturated heterocycles. The number of nitrogens with two attached hydrogens (primary N) is 1. The molecule has 1 aromatic heterocycles. The number of rotatable bonds is 1. The highest BCUT2D eigenvalue weighted by Gasteiger charge is 2.29. The summed E-state index contributed by atoms with van der Waals surface area (Å²) >= 11 is 7.90. The molecule has 1 aliphatic rings. The Morgan fingerprint density at radius 2 is 2.29 bits per heavy atom. The molecule has 0 saturated carbocycles. The minimum Gasteiger partial charge on any atom is -0.375 e. The van der Waals surface area contributed by atoms with E-state index in [-0.39, 0.29) is 0 Å². The number of anilines is 1. The van der Waals surface area contributed by atoms with E-state index in [9.17, 15) is 0 Å². The summed E-state index contributed by atoms with van der Waals surface area (Å²) in [5.41, 5.74) is 9.40. The fraction of sp³-hybridized carbons (Fsp3) is 0.308. The van der Waals surface area contributed by atoms with Crippen LogP contribution in [0.3, 0.4) is 0 Å². The molecule has 1 atom stereocenters. The lowest BCUT2D eigenvalue weighted by atomic mass is 9.97. The van der Waals surface area contributed by atoms with Crippen molar-refractivity contribution in [3.05, 3.63) is 44.9 Å². The molecule has 1 heterocycles. The molecule has 0 radical (unpaired) electrons. The first kappa shape index (κ1) is 11.1. The first-order chi connectivity index (χ1) is 8.15. The van der Waals surface area contributed by atoms with Crippen molar-refractivity contribution in [2.24, 2.45) is 0 Å². The number of nitrogen functional groups attached to an aromatic ring is 1. The van der Waals surface area contributed by atoms with E-state index < -0.39 is 0 Å². The average Bonchev–Trinajstić information content (AvgIpc) is 2.80. The molecule has 0 fully saturated rings. The highest BCUT2D eigenvalue weighted by Crippen LogP contribution is 2.44. The number of nitrogens with zero attached hydrogens (tertiary/aromatic N) is 1. The summed E-state index contributed by atoms with van der Waals surface area (Å²) in [6.45, 7) is 2.09. The molecule has 2 aromatic rings. The molecule has 1 aromatic carbocycles. The summed E-state index contributed by atoms with van der Waals surface area (Å²) in [5, 5.41) is 1.52. The van der Waals surface area contributed by atoms with Gasteiger partial charge in [-0.2, -0.15) is 0 Å². The molecule has 4 heteroatoms. The molecule has 0 spiro atoms. The van der Waals surface area contributed by atoms with Gasteiger partial charge in [-0.05, 0) is 31.4 Å². The Kier molecular flexibility index (Phi) is 2.60. The van der Waals surface area contributed by atoms with Crippen molar-refractivity contribution in [1.29, 1.82) is 0 Å². The van der Waals surface area contributed by atoms with Gasteiger partial charge in [-0.25, -0.2) is 4.98 Å². The third kappa shape index (κ3) is 1.83. The van der Waals surface area contributed by atoms with E-state index in [0.29, 0.717) is 11.0 Å². The van der Waals surface area contributed by atoms with Gasteiger partial charge in [-0.1, -0.05) is 29.3 Å². The Balaban J connectivity index is 2.09. The lowest BCUT2D eigenvalue weighted by molar-refractivity contribution is 0.790. The van der Waals surface area contributed by atoms with Gasteiger partial charge in [0.1, 0.15) is 0 Å². The molecular formula is C13H13ClN2S. The predicted molar refractivity (Wildman–Crippen MR) is 72.9 cm³/mol. The lowest BCUT2D eigenvalue weighted by Gasteiger charge is -2.12. The van der Waals surface area contributed by atoms with Crippen LogP contribution in [-0.4, -0.2) is 4.98 Å². The fourth-order valence-electron chi connectivity index (χ4n) is 2.47. The van der Waals surface area contributed by atoms with E-state index in [1.165, 1.54) is 16.0 Å². The first-order valence-corrected chi connectivity index (χ1v) is 6.85. The van der Waals surface area contributed by atoms with Crippen LogP contribution < -0.4 is 5.73 Å². The summed E-state index contributed by atoms with van der Waals surface area (Å²) in [7, 11) is 0.